The third-order valence-electron chi connectivity index (χ3n) is 5.29. The first-order valence-electron chi connectivity index (χ1n) is 9.71. The third-order valence-corrected chi connectivity index (χ3v) is 7.90. The molecule has 2 rings (SSSR count). The Hall–Kier alpha value is -0.130. The van der Waals surface area contributed by atoms with Crippen molar-refractivity contribution in [1.29, 1.82) is 0 Å². The maximum atomic E-state index is 12.2. The molecule has 1 atom stereocenters. The Morgan fingerprint density at radius 2 is 1.89 bits per heavy atom. The Labute approximate surface area is 182 Å². The molecule has 2 aliphatic heterocycles. The van der Waals surface area contributed by atoms with Gasteiger partial charge in [0.25, 0.3) is 0 Å². The number of likely N-dealkylation sites (tertiary alicyclic amines) is 1. The van der Waals surface area contributed by atoms with Gasteiger partial charge in [0, 0.05) is 45.9 Å². The highest BCUT2D eigenvalue weighted by atomic mass is 127. The fraction of sp³-hybridized carbons (Fsp3) is 0.944. The van der Waals surface area contributed by atoms with Crippen molar-refractivity contribution in [2.24, 2.45) is 10.9 Å². The highest BCUT2D eigenvalue weighted by Gasteiger charge is 2.28. The van der Waals surface area contributed by atoms with E-state index in [0.29, 0.717) is 24.5 Å². The quantitative estimate of drug-likeness (QED) is 0.316. The van der Waals surface area contributed by atoms with Gasteiger partial charge in [-0.25, -0.2) is 8.42 Å². The molecule has 0 aromatic carbocycles. The first-order chi connectivity index (χ1) is 12.2. The molecule has 0 aliphatic carbocycles. The predicted molar refractivity (Wildman–Crippen MR) is 122 cm³/mol. The van der Waals surface area contributed by atoms with Crippen LogP contribution < -0.4 is 10.6 Å². The molecule has 0 spiro atoms. The van der Waals surface area contributed by atoms with Crippen LogP contribution >= 0.6 is 24.0 Å². The molecule has 0 bridgehead atoms. The molecule has 2 aliphatic rings. The molecule has 9 heteroatoms. The number of nitrogens with one attached hydrogen (secondary N) is 2. The van der Waals surface area contributed by atoms with E-state index in [1.165, 1.54) is 6.42 Å². The van der Waals surface area contributed by atoms with E-state index >= 15 is 0 Å². The lowest BCUT2D eigenvalue weighted by Gasteiger charge is -2.34. The minimum Gasteiger partial charge on any atom is -0.381 e. The first kappa shape index (κ1) is 24.9. The van der Waals surface area contributed by atoms with Crippen molar-refractivity contribution >= 4 is 39.8 Å². The van der Waals surface area contributed by atoms with E-state index in [4.69, 9.17) is 4.74 Å². The number of sulfone groups is 1. The molecule has 2 fully saturated rings. The summed E-state index contributed by atoms with van der Waals surface area (Å²) in [4.78, 5) is 6.77. The number of guanidine groups is 1. The van der Waals surface area contributed by atoms with Gasteiger partial charge in [-0.1, -0.05) is 0 Å². The second-order valence-corrected chi connectivity index (χ2v) is 11.2. The SMILES string of the molecule is CN=C(NCCS(=O)(=O)C(C)(C)C)NC1CCN(CC2CCOC2)CC1.I. The number of aliphatic imine (C=N–C) groups is 1. The Morgan fingerprint density at radius 1 is 1.22 bits per heavy atom. The standard InChI is InChI=1S/C18H36N4O3S.HI/c1-18(2,3)26(23,24)12-8-20-17(19-4)21-16-5-9-22(10-6-16)13-15-7-11-25-14-15;/h15-16H,5-14H2,1-4H3,(H2,19,20,21);1H. The van der Waals surface area contributed by atoms with Crippen molar-refractivity contribution in [3.8, 4) is 0 Å². The van der Waals surface area contributed by atoms with E-state index in [0.717, 1.165) is 45.7 Å². The monoisotopic (exact) mass is 516 g/mol. The van der Waals surface area contributed by atoms with Crippen LogP contribution in [0.5, 0.6) is 0 Å². The second-order valence-electron chi connectivity index (χ2n) is 8.38. The van der Waals surface area contributed by atoms with Gasteiger partial charge in [-0.15, -0.1) is 24.0 Å². The van der Waals surface area contributed by atoms with Gasteiger partial charge in [-0.3, -0.25) is 4.99 Å². The molecule has 1 unspecified atom stereocenters. The molecular weight excluding hydrogens is 479 g/mol. The number of hydrogen-bond donors (Lipinski definition) is 2. The number of nitrogens with zero attached hydrogens (tertiary/aromatic N) is 2. The minimum absolute atomic E-state index is 0. The number of piperidine rings is 1. The lowest BCUT2D eigenvalue weighted by molar-refractivity contribution is 0.150. The zero-order valence-corrected chi connectivity index (χ0v) is 20.3. The smallest absolute Gasteiger partial charge is 0.191 e. The molecule has 27 heavy (non-hydrogen) atoms. The zero-order valence-electron chi connectivity index (χ0n) is 17.2. The van der Waals surface area contributed by atoms with Crippen LogP contribution in [0.25, 0.3) is 0 Å². The zero-order chi connectivity index (χ0) is 19.2. The Kier molecular flexibility index (Phi) is 10.3. The predicted octanol–water partition coefficient (Wildman–Crippen LogP) is 1.48. The van der Waals surface area contributed by atoms with Crippen LogP contribution in [0.3, 0.4) is 0 Å². The lowest BCUT2D eigenvalue weighted by Crippen LogP contribution is -2.50. The molecule has 0 aromatic heterocycles. The summed E-state index contributed by atoms with van der Waals surface area (Å²) < 4.78 is 29.1. The van der Waals surface area contributed by atoms with Gasteiger partial charge < -0.3 is 20.3 Å². The van der Waals surface area contributed by atoms with Crippen LogP contribution in [0.2, 0.25) is 0 Å². The van der Waals surface area contributed by atoms with E-state index in [9.17, 15) is 8.42 Å². The summed E-state index contributed by atoms with van der Waals surface area (Å²) >= 11 is 0. The van der Waals surface area contributed by atoms with Crippen molar-refractivity contribution in [3.05, 3.63) is 0 Å². The summed E-state index contributed by atoms with van der Waals surface area (Å²) in [6.45, 7) is 10.7. The van der Waals surface area contributed by atoms with Gasteiger partial charge in [-0.2, -0.15) is 0 Å². The van der Waals surface area contributed by atoms with Crippen LogP contribution in [0.15, 0.2) is 4.99 Å². The number of ether oxygens (including phenoxy) is 1. The fourth-order valence-electron chi connectivity index (χ4n) is 3.35. The van der Waals surface area contributed by atoms with Crippen molar-refractivity contribution in [2.75, 3.05) is 52.2 Å². The summed E-state index contributed by atoms with van der Waals surface area (Å²) in [7, 11) is -1.39. The van der Waals surface area contributed by atoms with Crippen LogP contribution in [0.1, 0.15) is 40.0 Å². The van der Waals surface area contributed by atoms with Gasteiger partial charge in [-0.05, 0) is 46.0 Å². The highest BCUT2D eigenvalue weighted by molar-refractivity contribution is 14.0. The average molecular weight is 516 g/mol. The molecule has 7 nitrogen and oxygen atoms in total. The normalized spacial score (nSPS) is 23.1. The summed E-state index contributed by atoms with van der Waals surface area (Å²) in [5.41, 5.74) is 0. The molecule has 160 valence electrons. The molecule has 2 N–H and O–H groups in total. The summed E-state index contributed by atoms with van der Waals surface area (Å²) in [5, 5.41) is 6.58. The molecular formula is C18H37IN4O3S. The topological polar surface area (TPSA) is 83.0 Å². The molecule has 2 heterocycles. The minimum atomic E-state index is -3.12. The van der Waals surface area contributed by atoms with Gasteiger partial charge in [0.1, 0.15) is 0 Å². The number of hydrogen-bond acceptors (Lipinski definition) is 5. The van der Waals surface area contributed by atoms with Crippen LogP contribution in [-0.2, 0) is 14.6 Å². The number of halogens is 1. The molecule has 0 radical (unpaired) electrons. The van der Waals surface area contributed by atoms with E-state index in [1.807, 2.05) is 0 Å². The van der Waals surface area contributed by atoms with Crippen LogP contribution in [0.4, 0.5) is 0 Å². The Bertz CT molecular complexity index is 564. The van der Waals surface area contributed by atoms with E-state index in [1.54, 1.807) is 27.8 Å². The van der Waals surface area contributed by atoms with Crippen molar-refractivity contribution in [3.63, 3.8) is 0 Å². The molecule has 0 saturated carbocycles. The molecule has 2 saturated heterocycles. The summed E-state index contributed by atoms with van der Waals surface area (Å²) in [6, 6.07) is 0.386. The highest BCUT2D eigenvalue weighted by Crippen LogP contribution is 2.18. The van der Waals surface area contributed by atoms with E-state index in [-0.39, 0.29) is 29.7 Å². The summed E-state index contributed by atoms with van der Waals surface area (Å²) in [5.74, 6) is 1.49. The Morgan fingerprint density at radius 3 is 2.41 bits per heavy atom. The second kappa shape index (κ2) is 11.2. The van der Waals surface area contributed by atoms with Crippen molar-refractivity contribution in [2.45, 2.75) is 50.8 Å². The fourth-order valence-corrected chi connectivity index (χ4v) is 4.33. The molecule has 0 aromatic rings. The average Bonchev–Trinajstić information content (AvgIpc) is 3.07. The largest absolute Gasteiger partial charge is 0.381 e. The van der Waals surface area contributed by atoms with Gasteiger partial charge >= 0.3 is 0 Å². The first-order valence-corrected chi connectivity index (χ1v) is 11.4. The van der Waals surface area contributed by atoms with Crippen LogP contribution in [-0.4, -0.2) is 82.3 Å². The lowest BCUT2D eigenvalue weighted by atomic mass is 10.0. The van der Waals surface area contributed by atoms with Crippen molar-refractivity contribution in [1.82, 2.24) is 15.5 Å². The van der Waals surface area contributed by atoms with E-state index < -0.39 is 14.6 Å². The maximum Gasteiger partial charge on any atom is 0.191 e. The van der Waals surface area contributed by atoms with E-state index in [2.05, 4.69) is 20.5 Å². The Balaban J connectivity index is 0.00000364. The van der Waals surface area contributed by atoms with Crippen LogP contribution in [0, 0.1) is 5.92 Å². The third kappa shape index (κ3) is 8.02. The maximum absolute atomic E-state index is 12.2. The summed E-state index contributed by atoms with van der Waals surface area (Å²) in [6.07, 6.45) is 3.34. The van der Waals surface area contributed by atoms with Gasteiger partial charge in [0.2, 0.25) is 0 Å². The number of rotatable bonds is 6. The van der Waals surface area contributed by atoms with Crippen molar-refractivity contribution < 1.29 is 13.2 Å². The van der Waals surface area contributed by atoms with Gasteiger partial charge in [0.05, 0.1) is 17.1 Å². The molecule has 0 amide bonds. The van der Waals surface area contributed by atoms with Gasteiger partial charge in [0.15, 0.2) is 15.8 Å².